The summed E-state index contributed by atoms with van der Waals surface area (Å²) in [7, 11) is 0. The van der Waals surface area contributed by atoms with E-state index in [1.165, 1.54) is 6.07 Å². The van der Waals surface area contributed by atoms with E-state index in [1.807, 2.05) is 55.5 Å². The largest absolute Gasteiger partial charge is 0.508 e. The number of carboxylic acids is 1. The summed E-state index contributed by atoms with van der Waals surface area (Å²) in [6.07, 6.45) is 3.95. The van der Waals surface area contributed by atoms with Crippen LogP contribution in [-0.2, 0) is 20.8 Å². The van der Waals surface area contributed by atoms with Gasteiger partial charge in [-0.25, -0.2) is 14.1 Å². The van der Waals surface area contributed by atoms with Crippen LogP contribution in [0.15, 0.2) is 71.7 Å². The molecule has 0 spiro atoms. The average molecular weight is 569 g/mol. The Bertz CT molecular complexity index is 1520. The van der Waals surface area contributed by atoms with Crippen molar-refractivity contribution in [3.05, 3.63) is 83.4 Å². The van der Waals surface area contributed by atoms with Crippen molar-refractivity contribution in [3.8, 4) is 17.2 Å². The molecule has 9 heteroatoms. The zero-order valence-electron chi connectivity index (χ0n) is 23.6. The summed E-state index contributed by atoms with van der Waals surface area (Å²) in [5.41, 5.74) is 3.99. The van der Waals surface area contributed by atoms with Gasteiger partial charge in [0.2, 0.25) is 0 Å². The lowest BCUT2D eigenvalue weighted by atomic mass is 9.97. The lowest BCUT2D eigenvalue weighted by Gasteiger charge is -2.34. The molecule has 0 saturated heterocycles. The van der Waals surface area contributed by atoms with Crippen LogP contribution in [0.25, 0.3) is 11.1 Å². The van der Waals surface area contributed by atoms with E-state index in [4.69, 9.17) is 19.2 Å². The Balaban J connectivity index is 1.50. The van der Waals surface area contributed by atoms with Gasteiger partial charge in [0.25, 0.3) is 0 Å². The summed E-state index contributed by atoms with van der Waals surface area (Å²) in [6, 6.07) is 22.8. The molecule has 1 fully saturated rings. The maximum Gasteiger partial charge on any atom is 0.508 e. The molecule has 9 nitrogen and oxygen atoms in total. The van der Waals surface area contributed by atoms with Crippen LogP contribution in [0.2, 0.25) is 0 Å². The minimum atomic E-state index is -1.10. The van der Waals surface area contributed by atoms with E-state index in [1.54, 1.807) is 12.1 Å². The molecule has 5 rings (SSSR count). The lowest BCUT2D eigenvalue weighted by molar-refractivity contribution is 0.00889. The maximum absolute atomic E-state index is 12.6. The normalized spacial score (nSPS) is 18.0. The van der Waals surface area contributed by atoms with Gasteiger partial charge in [-0.05, 0) is 61.9 Å². The second kappa shape index (κ2) is 12.9. The van der Waals surface area contributed by atoms with E-state index in [-0.39, 0.29) is 35.8 Å². The van der Waals surface area contributed by atoms with Crippen LogP contribution >= 0.6 is 0 Å². The molecule has 1 atom stereocenters. The number of nitrogens with zero attached hydrogens (tertiary/aromatic N) is 3. The Hall–Kier alpha value is -4.68. The molecule has 1 heterocycles. The van der Waals surface area contributed by atoms with Gasteiger partial charge in [0.1, 0.15) is 37.1 Å². The monoisotopic (exact) mass is 568 g/mol. The van der Waals surface area contributed by atoms with Crippen LogP contribution < -0.4 is 4.48 Å². The van der Waals surface area contributed by atoms with Crippen molar-refractivity contribution in [3.63, 3.8) is 0 Å². The summed E-state index contributed by atoms with van der Waals surface area (Å²) in [5, 5.41) is 20.2. The summed E-state index contributed by atoms with van der Waals surface area (Å²) in [6.45, 7) is 2.45. The molecule has 216 valence electrons. The minimum absolute atomic E-state index is 0.0573. The Morgan fingerprint density at radius 2 is 1.83 bits per heavy atom. The molecule has 3 aromatic carbocycles. The predicted molar refractivity (Wildman–Crippen MR) is 158 cm³/mol. The van der Waals surface area contributed by atoms with Gasteiger partial charge in [0, 0.05) is 5.56 Å². The highest BCUT2D eigenvalue weighted by Crippen LogP contribution is 2.45. The van der Waals surface area contributed by atoms with E-state index >= 15 is 0 Å². The first-order valence-corrected chi connectivity index (χ1v) is 14.3. The first-order chi connectivity index (χ1) is 20.4. The van der Waals surface area contributed by atoms with Gasteiger partial charge in [-0.1, -0.05) is 55.0 Å². The van der Waals surface area contributed by atoms with Crippen molar-refractivity contribution >= 4 is 29.5 Å². The number of carbonyl (C=O) groups is 2. The van der Waals surface area contributed by atoms with Gasteiger partial charge in [0.05, 0.1) is 18.2 Å². The number of amidine groups is 1. The smallest absolute Gasteiger partial charge is 0.477 e. The number of carbonyl (C=O) groups excluding carboxylic acids is 1. The second-order valence-corrected chi connectivity index (χ2v) is 10.5. The van der Waals surface area contributed by atoms with Gasteiger partial charge in [-0.2, -0.15) is 10.3 Å². The number of fused-ring (bicyclic) bond motifs is 1. The van der Waals surface area contributed by atoms with Crippen molar-refractivity contribution in [2.45, 2.75) is 51.7 Å². The van der Waals surface area contributed by atoms with Gasteiger partial charge >= 0.3 is 18.1 Å². The van der Waals surface area contributed by atoms with Crippen molar-refractivity contribution in [1.29, 1.82) is 5.26 Å². The third kappa shape index (κ3) is 5.99. The van der Waals surface area contributed by atoms with E-state index in [0.717, 1.165) is 48.8 Å². The Kier molecular flexibility index (Phi) is 8.84. The molecule has 3 aromatic rings. The predicted octanol–water partition coefficient (Wildman–Crippen LogP) is 6.95. The molecule has 0 amide bonds. The number of carboxylic acid groups (broad SMARTS) is 1. The number of nitriles is 1. The van der Waals surface area contributed by atoms with Gasteiger partial charge in [0.15, 0.2) is 5.69 Å². The quantitative estimate of drug-likeness (QED) is 0.219. The second-order valence-electron chi connectivity index (χ2n) is 10.5. The van der Waals surface area contributed by atoms with E-state index in [2.05, 4.69) is 6.07 Å². The zero-order chi connectivity index (χ0) is 29.5. The number of benzene rings is 3. The molecule has 1 aliphatic heterocycles. The SMILES string of the molecule is CCOC1=Nc2cccc(C(=O)O)c2[N+]1(CCOC(=O)OC1CCCCC1)Cc1ccc(-c2ccccc2)c(C#N)c1. The number of hydrogen-bond donors (Lipinski definition) is 1. The maximum atomic E-state index is 12.6. The number of aromatic carboxylic acids is 1. The van der Waals surface area contributed by atoms with Crippen LogP contribution in [-0.4, -0.2) is 49.1 Å². The molecular weight excluding hydrogens is 534 g/mol. The number of rotatable bonds is 9. The van der Waals surface area contributed by atoms with Gasteiger partial charge < -0.3 is 19.3 Å². The summed E-state index contributed by atoms with van der Waals surface area (Å²) in [5.74, 6) is -1.10. The third-order valence-electron chi connectivity index (χ3n) is 7.78. The molecule has 1 unspecified atom stereocenters. The highest BCUT2D eigenvalue weighted by atomic mass is 16.7. The average Bonchev–Trinajstić information content (AvgIpc) is 3.30. The van der Waals surface area contributed by atoms with E-state index in [9.17, 15) is 20.0 Å². The Morgan fingerprint density at radius 1 is 1.05 bits per heavy atom. The fourth-order valence-corrected chi connectivity index (χ4v) is 5.86. The molecule has 42 heavy (non-hydrogen) atoms. The molecule has 0 radical (unpaired) electrons. The molecule has 1 N–H and O–H groups in total. The van der Waals surface area contributed by atoms with Crippen molar-refractivity contribution in [2.75, 3.05) is 19.8 Å². The van der Waals surface area contributed by atoms with Crippen LogP contribution in [0.5, 0.6) is 0 Å². The molecule has 0 aromatic heterocycles. The van der Waals surface area contributed by atoms with Crippen LogP contribution in [0.4, 0.5) is 16.2 Å². The lowest BCUT2D eigenvalue weighted by Crippen LogP contribution is -2.55. The van der Waals surface area contributed by atoms with Crippen LogP contribution in [0.1, 0.15) is 60.5 Å². The zero-order valence-corrected chi connectivity index (χ0v) is 23.6. The van der Waals surface area contributed by atoms with E-state index < -0.39 is 12.1 Å². The first kappa shape index (κ1) is 28.8. The first-order valence-electron chi connectivity index (χ1n) is 14.3. The molecule has 2 aliphatic rings. The third-order valence-corrected chi connectivity index (χ3v) is 7.78. The van der Waals surface area contributed by atoms with E-state index in [0.29, 0.717) is 29.6 Å². The Morgan fingerprint density at radius 3 is 2.55 bits per heavy atom. The fraction of sp³-hybridized carbons (Fsp3) is 0.333. The number of ether oxygens (including phenoxy) is 3. The van der Waals surface area contributed by atoms with Crippen LogP contribution in [0, 0.1) is 11.3 Å². The summed E-state index contributed by atoms with van der Waals surface area (Å²) in [4.78, 5) is 29.7. The van der Waals surface area contributed by atoms with Crippen molar-refractivity contribution in [1.82, 2.24) is 4.48 Å². The van der Waals surface area contributed by atoms with Crippen LogP contribution in [0.3, 0.4) is 0 Å². The molecular formula is C33H34N3O6+. The number of aliphatic imine (C=N–C) groups is 1. The van der Waals surface area contributed by atoms with Crippen molar-refractivity contribution in [2.24, 2.45) is 4.99 Å². The number of hydrogen-bond acceptors (Lipinski definition) is 7. The number of quaternary nitrogens is 1. The topological polar surface area (TPSA) is 118 Å². The highest BCUT2D eigenvalue weighted by Gasteiger charge is 2.49. The van der Waals surface area contributed by atoms with Gasteiger partial charge in [-0.3, -0.25) is 0 Å². The highest BCUT2D eigenvalue weighted by molar-refractivity contribution is 6.06. The fourth-order valence-electron chi connectivity index (χ4n) is 5.86. The number of para-hydroxylation sites is 1. The molecule has 0 bridgehead atoms. The minimum Gasteiger partial charge on any atom is -0.477 e. The Labute approximate surface area is 245 Å². The standard InChI is InChI=1S/C33H33N3O6/c1-2-40-32-35-29-15-9-14-28(31(37)38)30(29)36(32,18-19-41-33(39)42-26-12-7-4-8-13-26)22-23-16-17-27(25(20-23)21-34)24-10-5-3-6-11-24/h3,5-6,9-11,14-17,20,26H,2,4,7-8,12-13,18-19,22H2,1H3/p+1. The van der Waals surface area contributed by atoms with Crippen molar-refractivity contribution < 1.29 is 28.9 Å². The summed E-state index contributed by atoms with van der Waals surface area (Å²) >= 11 is 0. The molecule has 1 aliphatic carbocycles. The van der Waals surface area contributed by atoms with Gasteiger partial charge in [-0.15, -0.1) is 0 Å². The molecule has 1 saturated carbocycles. The summed E-state index contributed by atoms with van der Waals surface area (Å²) < 4.78 is 17.0.